The number of carboxylic acid groups (broad SMARTS) is 1. The molecule has 2 rings (SSSR count). The zero-order valence-electron chi connectivity index (χ0n) is 9.44. The van der Waals surface area contributed by atoms with E-state index in [1.807, 2.05) is 0 Å². The molecule has 7 nitrogen and oxygen atoms in total. The molecule has 0 bridgehead atoms. The highest BCUT2D eigenvalue weighted by Crippen LogP contribution is 2.33. The van der Waals surface area contributed by atoms with Gasteiger partial charge in [0.25, 0.3) is 0 Å². The van der Waals surface area contributed by atoms with Crippen molar-refractivity contribution in [1.29, 1.82) is 0 Å². The van der Waals surface area contributed by atoms with Gasteiger partial charge in [0, 0.05) is 13.1 Å². The van der Waals surface area contributed by atoms with Gasteiger partial charge in [-0.15, -0.1) is 0 Å². The number of nitrogens with zero attached hydrogens (tertiary/aromatic N) is 2. The van der Waals surface area contributed by atoms with Crippen molar-refractivity contribution >= 4 is 17.3 Å². The molecule has 0 aromatic heterocycles. The van der Waals surface area contributed by atoms with Gasteiger partial charge < -0.3 is 15.1 Å². The lowest BCUT2D eigenvalue weighted by Crippen LogP contribution is -2.22. The van der Waals surface area contributed by atoms with Crippen molar-refractivity contribution in [2.45, 2.75) is 12.5 Å². The van der Waals surface area contributed by atoms with E-state index < -0.39 is 22.7 Å². The van der Waals surface area contributed by atoms with E-state index in [4.69, 9.17) is 5.11 Å². The van der Waals surface area contributed by atoms with Crippen LogP contribution in [-0.4, -0.2) is 40.3 Å². The number of nitro benzene ring substituents is 1. The van der Waals surface area contributed by atoms with Crippen LogP contribution in [0.3, 0.4) is 0 Å². The van der Waals surface area contributed by atoms with Crippen LogP contribution >= 0.6 is 0 Å². The van der Waals surface area contributed by atoms with Crippen LogP contribution in [0.1, 0.15) is 16.8 Å². The molecule has 1 atom stereocenters. The van der Waals surface area contributed by atoms with Crippen LogP contribution in [-0.2, 0) is 0 Å². The number of carbonyl (C=O) groups is 1. The third kappa shape index (κ3) is 2.12. The van der Waals surface area contributed by atoms with Crippen LogP contribution in [0.5, 0.6) is 0 Å². The van der Waals surface area contributed by atoms with Gasteiger partial charge in [-0.25, -0.2) is 4.79 Å². The summed E-state index contributed by atoms with van der Waals surface area (Å²) in [6.45, 7) is 0.759. The molecule has 18 heavy (non-hydrogen) atoms. The zero-order chi connectivity index (χ0) is 13.3. The number of carboxylic acids is 1. The summed E-state index contributed by atoms with van der Waals surface area (Å²) in [5.74, 6) is -1.33. The smallest absolute Gasteiger partial charge is 0.342 e. The fourth-order valence-electron chi connectivity index (χ4n) is 2.11. The van der Waals surface area contributed by atoms with Crippen LogP contribution in [0, 0.1) is 10.1 Å². The first-order valence-electron chi connectivity index (χ1n) is 5.44. The highest BCUT2D eigenvalue weighted by atomic mass is 16.6. The molecule has 1 aliphatic heterocycles. The summed E-state index contributed by atoms with van der Waals surface area (Å²) < 4.78 is 0. The van der Waals surface area contributed by atoms with Crippen molar-refractivity contribution in [1.82, 2.24) is 0 Å². The number of nitro groups is 1. The normalized spacial score (nSPS) is 18.9. The molecule has 96 valence electrons. The molecule has 1 heterocycles. The van der Waals surface area contributed by atoms with Gasteiger partial charge in [-0.2, -0.15) is 0 Å². The number of benzene rings is 1. The molecule has 1 aromatic rings. The number of aliphatic hydroxyl groups is 1. The van der Waals surface area contributed by atoms with Crippen LogP contribution in [0.2, 0.25) is 0 Å². The number of anilines is 1. The van der Waals surface area contributed by atoms with Crippen LogP contribution < -0.4 is 4.90 Å². The van der Waals surface area contributed by atoms with Gasteiger partial charge in [-0.05, 0) is 18.6 Å². The van der Waals surface area contributed by atoms with Crippen LogP contribution in [0.15, 0.2) is 18.2 Å². The topological polar surface area (TPSA) is 104 Å². The van der Waals surface area contributed by atoms with E-state index in [2.05, 4.69) is 0 Å². The van der Waals surface area contributed by atoms with Crippen molar-refractivity contribution in [3.05, 3.63) is 33.9 Å². The van der Waals surface area contributed by atoms with Crippen molar-refractivity contribution in [3.8, 4) is 0 Å². The van der Waals surface area contributed by atoms with E-state index in [1.54, 1.807) is 4.90 Å². The molecule has 1 unspecified atom stereocenters. The van der Waals surface area contributed by atoms with Gasteiger partial charge in [-0.1, -0.05) is 6.07 Å². The Kier molecular flexibility index (Phi) is 3.15. The number of aliphatic hydroxyl groups excluding tert-OH is 1. The Hall–Kier alpha value is -2.15. The van der Waals surface area contributed by atoms with Gasteiger partial charge in [0.2, 0.25) is 0 Å². The predicted molar refractivity (Wildman–Crippen MR) is 62.9 cm³/mol. The number of para-hydroxylation sites is 1. The summed E-state index contributed by atoms with van der Waals surface area (Å²) >= 11 is 0. The quantitative estimate of drug-likeness (QED) is 0.610. The third-order valence-electron chi connectivity index (χ3n) is 2.93. The summed E-state index contributed by atoms with van der Waals surface area (Å²) in [6.07, 6.45) is -0.00727. The highest BCUT2D eigenvalue weighted by molar-refractivity contribution is 5.95. The van der Waals surface area contributed by atoms with Crippen molar-refractivity contribution in [3.63, 3.8) is 0 Å². The van der Waals surface area contributed by atoms with Crippen molar-refractivity contribution in [2.24, 2.45) is 0 Å². The maximum atomic E-state index is 11.0. The molecule has 0 radical (unpaired) electrons. The summed E-state index contributed by atoms with van der Waals surface area (Å²) in [4.78, 5) is 23.0. The van der Waals surface area contributed by atoms with E-state index in [0.717, 1.165) is 0 Å². The Balaban J connectivity index is 2.50. The van der Waals surface area contributed by atoms with Gasteiger partial charge in [0.1, 0.15) is 11.3 Å². The number of aromatic carboxylic acids is 1. The summed E-state index contributed by atoms with van der Waals surface area (Å²) in [6, 6.07) is 4.18. The first-order valence-corrected chi connectivity index (χ1v) is 5.44. The van der Waals surface area contributed by atoms with Gasteiger partial charge in [0.15, 0.2) is 0 Å². The maximum absolute atomic E-state index is 11.0. The molecule has 0 spiro atoms. The molecular formula is C11H12N2O5. The summed E-state index contributed by atoms with van der Waals surface area (Å²) in [7, 11) is 0. The van der Waals surface area contributed by atoms with Crippen LogP contribution in [0.4, 0.5) is 11.4 Å². The van der Waals surface area contributed by atoms with E-state index in [9.17, 15) is 20.0 Å². The van der Waals surface area contributed by atoms with Crippen molar-refractivity contribution in [2.75, 3.05) is 18.0 Å². The first-order chi connectivity index (χ1) is 8.50. The molecule has 0 saturated carbocycles. The van der Waals surface area contributed by atoms with Crippen LogP contribution in [0.25, 0.3) is 0 Å². The Morgan fingerprint density at radius 3 is 2.72 bits per heavy atom. The number of β-amino-alcohol motifs (C(OH)–C–C–N with tert-alkyl or cyclic N) is 1. The second-order valence-electron chi connectivity index (χ2n) is 4.12. The molecule has 1 aromatic carbocycles. The van der Waals surface area contributed by atoms with Gasteiger partial charge in [-0.3, -0.25) is 10.1 Å². The standard InChI is InChI=1S/C11H12N2O5/c14-7-4-5-12(6-7)9-3-1-2-8(11(15)16)10(9)13(17)18/h1-3,7,14H,4-6H2,(H,15,16). The lowest BCUT2D eigenvalue weighted by Gasteiger charge is -2.18. The average molecular weight is 252 g/mol. The molecule has 2 N–H and O–H groups in total. The molecular weight excluding hydrogens is 240 g/mol. The molecule has 7 heteroatoms. The second kappa shape index (κ2) is 4.61. The lowest BCUT2D eigenvalue weighted by atomic mass is 10.1. The predicted octanol–water partition coefficient (Wildman–Crippen LogP) is 0.864. The van der Waals surface area contributed by atoms with Crippen molar-refractivity contribution < 1.29 is 19.9 Å². The van der Waals surface area contributed by atoms with E-state index >= 15 is 0 Å². The monoisotopic (exact) mass is 252 g/mol. The Bertz CT molecular complexity index is 502. The molecule has 1 aliphatic rings. The second-order valence-corrected chi connectivity index (χ2v) is 4.12. The minimum Gasteiger partial charge on any atom is -0.477 e. The highest BCUT2D eigenvalue weighted by Gasteiger charge is 2.30. The molecule has 0 amide bonds. The van der Waals surface area contributed by atoms with Gasteiger partial charge in [0.05, 0.1) is 11.0 Å². The van der Waals surface area contributed by atoms with E-state index in [-0.39, 0.29) is 17.8 Å². The fraction of sp³-hybridized carbons (Fsp3) is 0.364. The first kappa shape index (κ1) is 12.3. The maximum Gasteiger partial charge on any atom is 0.342 e. The summed E-state index contributed by atoms with van der Waals surface area (Å²) in [5.41, 5.74) is -0.505. The number of hydrogen-bond acceptors (Lipinski definition) is 5. The Morgan fingerprint density at radius 1 is 1.50 bits per heavy atom. The van der Waals surface area contributed by atoms with E-state index in [0.29, 0.717) is 13.0 Å². The fourth-order valence-corrected chi connectivity index (χ4v) is 2.11. The zero-order valence-corrected chi connectivity index (χ0v) is 9.44. The minimum atomic E-state index is -1.33. The largest absolute Gasteiger partial charge is 0.477 e. The average Bonchev–Trinajstić information content (AvgIpc) is 2.74. The molecule has 1 fully saturated rings. The number of hydrogen-bond donors (Lipinski definition) is 2. The SMILES string of the molecule is O=C(O)c1cccc(N2CCC(O)C2)c1[N+](=O)[O-]. The third-order valence-corrected chi connectivity index (χ3v) is 2.93. The minimum absolute atomic E-state index is 0.247. The van der Waals surface area contributed by atoms with E-state index in [1.165, 1.54) is 18.2 Å². The number of rotatable bonds is 3. The molecule has 0 aliphatic carbocycles. The van der Waals surface area contributed by atoms with Gasteiger partial charge >= 0.3 is 11.7 Å². The molecule has 1 saturated heterocycles. The summed E-state index contributed by atoms with van der Waals surface area (Å²) in [5, 5.41) is 29.4. The Morgan fingerprint density at radius 2 is 2.22 bits per heavy atom. The lowest BCUT2D eigenvalue weighted by molar-refractivity contribution is -0.384. The Labute approximate surface area is 102 Å².